The third-order valence-electron chi connectivity index (χ3n) is 5.39. The number of amides is 1. The Morgan fingerprint density at radius 2 is 2.10 bits per heavy atom. The van der Waals surface area contributed by atoms with Gasteiger partial charge < -0.3 is 19.7 Å². The van der Waals surface area contributed by atoms with Crippen LogP contribution in [-0.2, 0) is 16.1 Å². The zero-order valence-corrected chi connectivity index (χ0v) is 18.6. The largest absolute Gasteiger partial charge is 0.481 e. The number of morpholine rings is 1. The second-order valence-electron chi connectivity index (χ2n) is 8.31. The number of aryl methyl sites for hydroxylation is 1. The smallest absolute Gasteiger partial charge is 0.261 e. The molecule has 2 heterocycles. The van der Waals surface area contributed by atoms with Crippen LogP contribution in [0.2, 0.25) is 0 Å². The number of ether oxygens (including phenoxy) is 2. The van der Waals surface area contributed by atoms with Crippen LogP contribution < -0.4 is 15.0 Å². The Morgan fingerprint density at radius 3 is 2.77 bits per heavy atom. The van der Waals surface area contributed by atoms with Crippen molar-refractivity contribution in [1.29, 1.82) is 0 Å². The van der Waals surface area contributed by atoms with Gasteiger partial charge in [-0.05, 0) is 55.5 Å². The topological polar surface area (TPSA) is 63.7 Å². The molecule has 6 heteroatoms. The molecule has 0 bridgehead atoms. The number of anilines is 1. The standard InChI is InChI=1S/C24H33N3O3/c1-16(2)21-8-6-17(3)22(12-21)30-19(5)24(28)26-14-20-7-9-23(25-13-20)27-10-11-29-18(4)15-27/h6-9,12-13,16,18-19H,10-11,14-15H2,1-5H3,(H,26,28). The molecule has 2 atom stereocenters. The lowest BCUT2D eigenvalue weighted by molar-refractivity contribution is -0.127. The van der Waals surface area contributed by atoms with Crippen molar-refractivity contribution in [3.05, 3.63) is 53.2 Å². The van der Waals surface area contributed by atoms with E-state index in [1.807, 2.05) is 37.4 Å². The van der Waals surface area contributed by atoms with E-state index in [0.29, 0.717) is 12.5 Å². The van der Waals surface area contributed by atoms with Gasteiger partial charge in [-0.25, -0.2) is 4.98 Å². The average Bonchev–Trinajstić information content (AvgIpc) is 2.73. The molecule has 1 amide bonds. The summed E-state index contributed by atoms with van der Waals surface area (Å²) in [4.78, 5) is 19.3. The molecule has 1 fully saturated rings. The van der Waals surface area contributed by atoms with Crippen molar-refractivity contribution in [2.75, 3.05) is 24.6 Å². The first-order valence-electron chi connectivity index (χ1n) is 10.7. The SMILES string of the molecule is Cc1ccc(C(C)C)cc1OC(C)C(=O)NCc1ccc(N2CCOC(C)C2)nc1. The van der Waals surface area contributed by atoms with Crippen molar-refractivity contribution in [1.82, 2.24) is 10.3 Å². The fraction of sp³-hybridized carbons (Fsp3) is 0.500. The summed E-state index contributed by atoms with van der Waals surface area (Å²) in [6.07, 6.45) is 1.46. The van der Waals surface area contributed by atoms with Crippen LogP contribution in [0, 0.1) is 6.92 Å². The molecule has 0 radical (unpaired) electrons. The first-order chi connectivity index (χ1) is 14.3. The number of hydrogen-bond donors (Lipinski definition) is 1. The van der Waals surface area contributed by atoms with Gasteiger partial charge in [-0.2, -0.15) is 0 Å². The van der Waals surface area contributed by atoms with Gasteiger partial charge in [-0.15, -0.1) is 0 Å². The van der Waals surface area contributed by atoms with Crippen molar-refractivity contribution >= 4 is 11.7 Å². The Balaban J connectivity index is 1.53. The highest BCUT2D eigenvalue weighted by Gasteiger charge is 2.18. The molecule has 0 spiro atoms. The van der Waals surface area contributed by atoms with Gasteiger partial charge in [0.15, 0.2) is 6.10 Å². The number of hydrogen-bond acceptors (Lipinski definition) is 5. The summed E-state index contributed by atoms with van der Waals surface area (Å²) in [5, 5.41) is 2.94. The highest BCUT2D eigenvalue weighted by atomic mass is 16.5. The molecule has 30 heavy (non-hydrogen) atoms. The molecule has 6 nitrogen and oxygen atoms in total. The third kappa shape index (κ3) is 5.72. The van der Waals surface area contributed by atoms with Crippen LogP contribution in [0.15, 0.2) is 36.5 Å². The Labute approximate surface area is 179 Å². The van der Waals surface area contributed by atoms with Crippen molar-refractivity contribution in [2.45, 2.75) is 59.3 Å². The molecule has 0 saturated carbocycles. The van der Waals surface area contributed by atoms with Crippen LogP contribution in [0.25, 0.3) is 0 Å². The number of benzene rings is 1. The minimum atomic E-state index is -0.576. The van der Waals surface area contributed by atoms with Gasteiger partial charge in [-0.1, -0.05) is 32.0 Å². The number of pyridine rings is 1. The normalized spacial score (nSPS) is 17.7. The van der Waals surface area contributed by atoms with Gasteiger partial charge in [0.2, 0.25) is 0 Å². The number of carbonyl (C=O) groups excluding carboxylic acids is 1. The number of rotatable bonds is 7. The zero-order valence-electron chi connectivity index (χ0n) is 18.6. The van der Waals surface area contributed by atoms with E-state index in [0.717, 1.165) is 42.4 Å². The summed E-state index contributed by atoms with van der Waals surface area (Å²) in [6.45, 7) is 13.0. The van der Waals surface area contributed by atoms with E-state index in [1.165, 1.54) is 5.56 Å². The van der Waals surface area contributed by atoms with Gasteiger partial charge >= 0.3 is 0 Å². The fourth-order valence-electron chi connectivity index (χ4n) is 3.41. The van der Waals surface area contributed by atoms with Crippen molar-refractivity contribution < 1.29 is 14.3 Å². The van der Waals surface area contributed by atoms with Gasteiger partial charge in [0.1, 0.15) is 11.6 Å². The molecular formula is C24H33N3O3. The van der Waals surface area contributed by atoms with Gasteiger partial charge in [0, 0.05) is 25.8 Å². The second kappa shape index (κ2) is 9.94. The van der Waals surface area contributed by atoms with E-state index in [1.54, 1.807) is 6.92 Å². The summed E-state index contributed by atoms with van der Waals surface area (Å²) >= 11 is 0. The maximum atomic E-state index is 12.5. The number of nitrogens with one attached hydrogen (secondary N) is 1. The summed E-state index contributed by atoms with van der Waals surface area (Å²) in [6, 6.07) is 10.2. The van der Waals surface area contributed by atoms with Gasteiger partial charge in [0.25, 0.3) is 5.91 Å². The van der Waals surface area contributed by atoms with E-state index in [4.69, 9.17) is 9.47 Å². The minimum Gasteiger partial charge on any atom is -0.481 e. The molecule has 2 aromatic rings. The molecule has 1 aromatic carbocycles. The summed E-state index contributed by atoms with van der Waals surface area (Å²) in [5.41, 5.74) is 3.18. The van der Waals surface area contributed by atoms with Gasteiger partial charge in [0.05, 0.1) is 12.7 Å². The van der Waals surface area contributed by atoms with Crippen LogP contribution in [0.1, 0.15) is 50.3 Å². The van der Waals surface area contributed by atoms with E-state index in [-0.39, 0.29) is 12.0 Å². The first kappa shape index (κ1) is 22.1. The number of aromatic nitrogens is 1. The molecular weight excluding hydrogens is 378 g/mol. The molecule has 1 aromatic heterocycles. The lowest BCUT2D eigenvalue weighted by Gasteiger charge is -2.32. The molecule has 1 aliphatic rings. The molecule has 3 rings (SSSR count). The maximum Gasteiger partial charge on any atom is 0.261 e. The molecule has 0 aliphatic carbocycles. The Kier molecular flexibility index (Phi) is 7.32. The van der Waals surface area contributed by atoms with E-state index in [2.05, 4.69) is 42.0 Å². The Hall–Kier alpha value is -2.60. The Morgan fingerprint density at radius 1 is 1.30 bits per heavy atom. The zero-order chi connectivity index (χ0) is 21.7. The maximum absolute atomic E-state index is 12.5. The molecule has 162 valence electrons. The van der Waals surface area contributed by atoms with Crippen molar-refractivity contribution in [3.63, 3.8) is 0 Å². The predicted molar refractivity (Wildman–Crippen MR) is 119 cm³/mol. The summed E-state index contributed by atoms with van der Waals surface area (Å²) in [5.74, 6) is 1.97. The van der Waals surface area contributed by atoms with Gasteiger partial charge in [-0.3, -0.25) is 4.79 Å². The van der Waals surface area contributed by atoms with Crippen molar-refractivity contribution in [2.24, 2.45) is 0 Å². The van der Waals surface area contributed by atoms with Crippen LogP contribution in [-0.4, -0.2) is 42.8 Å². The Bertz CT molecular complexity index is 851. The van der Waals surface area contributed by atoms with Crippen molar-refractivity contribution in [3.8, 4) is 5.75 Å². The van der Waals surface area contributed by atoms with Crippen LogP contribution in [0.3, 0.4) is 0 Å². The minimum absolute atomic E-state index is 0.143. The van der Waals surface area contributed by atoms with E-state index in [9.17, 15) is 4.79 Å². The first-order valence-corrected chi connectivity index (χ1v) is 10.7. The van der Waals surface area contributed by atoms with Crippen LogP contribution in [0.4, 0.5) is 5.82 Å². The highest BCUT2D eigenvalue weighted by Crippen LogP contribution is 2.25. The predicted octanol–water partition coefficient (Wildman–Crippen LogP) is 3.82. The summed E-state index contributed by atoms with van der Waals surface area (Å²) in [7, 11) is 0. The van der Waals surface area contributed by atoms with E-state index < -0.39 is 6.10 Å². The van der Waals surface area contributed by atoms with Crippen LogP contribution >= 0.6 is 0 Å². The quantitative estimate of drug-likeness (QED) is 0.750. The molecule has 1 saturated heterocycles. The van der Waals surface area contributed by atoms with E-state index >= 15 is 0 Å². The average molecular weight is 412 g/mol. The second-order valence-corrected chi connectivity index (χ2v) is 8.31. The number of carbonyl (C=O) groups is 1. The molecule has 1 aliphatic heterocycles. The molecule has 1 N–H and O–H groups in total. The fourth-order valence-corrected chi connectivity index (χ4v) is 3.41. The number of nitrogens with zero attached hydrogens (tertiary/aromatic N) is 2. The summed E-state index contributed by atoms with van der Waals surface area (Å²) < 4.78 is 11.5. The highest BCUT2D eigenvalue weighted by molar-refractivity contribution is 5.80. The van der Waals surface area contributed by atoms with Crippen LogP contribution in [0.5, 0.6) is 5.75 Å². The molecule has 2 unspecified atom stereocenters. The lowest BCUT2D eigenvalue weighted by atomic mass is 10.0. The monoisotopic (exact) mass is 411 g/mol. The lowest BCUT2D eigenvalue weighted by Crippen LogP contribution is -2.41. The third-order valence-corrected chi connectivity index (χ3v) is 5.39.